The maximum Gasteiger partial charge on any atom is 0.0808 e. The summed E-state index contributed by atoms with van der Waals surface area (Å²) in [6, 6.07) is 1.81. The third kappa shape index (κ3) is 3.11. The molecule has 72 valence electrons. The average molecular weight is 180 g/mol. The number of hydrogen-bond acceptors (Lipinski definition) is 3. The van der Waals surface area contributed by atoms with Crippen molar-refractivity contribution in [3.8, 4) is 0 Å². The van der Waals surface area contributed by atoms with Gasteiger partial charge in [-0.1, -0.05) is 20.3 Å². The van der Waals surface area contributed by atoms with Crippen molar-refractivity contribution in [2.24, 2.45) is 5.92 Å². The number of nitrogens with zero attached hydrogens (tertiary/aromatic N) is 2. The zero-order valence-electron chi connectivity index (χ0n) is 8.14. The normalized spacial score (nSPS) is 15.3. The zero-order chi connectivity index (χ0) is 9.68. The van der Waals surface area contributed by atoms with Crippen molar-refractivity contribution in [3.63, 3.8) is 0 Å². The summed E-state index contributed by atoms with van der Waals surface area (Å²) in [4.78, 5) is 0. The zero-order valence-corrected chi connectivity index (χ0v) is 8.14. The van der Waals surface area contributed by atoms with E-state index in [0.717, 1.165) is 18.4 Å². The standard InChI is InChI=1S/C10H16N2O/c1-3-8(2)6-10(13)9-4-5-11-12-7-9/h4-5,7-8,10,13H,3,6H2,1-2H3. The Morgan fingerprint density at radius 3 is 2.77 bits per heavy atom. The van der Waals surface area contributed by atoms with E-state index in [9.17, 15) is 5.11 Å². The van der Waals surface area contributed by atoms with Crippen molar-refractivity contribution < 1.29 is 5.11 Å². The first kappa shape index (κ1) is 10.1. The molecule has 0 bridgehead atoms. The molecule has 1 rings (SSSR count). The molecule has 0 aliphatic heterocycles. The van der Waals surface area contributed by atoms with E-state index in [1.165, 1.54) is 0 Å². The molecule has 0 aliphatic carbocycles. The molecule has 0 saturated carbocycles. The maximum atomic E-state index is 9.75. The summed E-state index contributed by atoms with van der Waals surface area (Å²) < 4.78 is 0. The van der Waals surface area contributed by atoms with Crippen molar-refractivity contribution in [3.05, 3.63) is 24.0 Å². The minimum absolute atomic E-state index is 0.398. The summed E-state index contributed by atoms with van der Waals surface area (Å²) in [6.07, 6.45) is 4.71. The van der Waals surface area contributed by atoms with Gasteiger partial charge < -0.3 is 5.11 Å². The van der Waals surface area contributed by atoms with Gasteiger partial charge in [0.2, 0.25) is 0 Å². The molecule has 3 nitrogen and oxygen atoms in total. The molecule has 13 heavy (non-hydrogen) atoms. The monoisotopic (exact) mass is 180 g/mol. The summed E-state index contributed by atoms with van der Waals surface area (Å²) in [6.45, 7) is 4.26. The molecular weight excluding hydrogens is 164 g/mol. The molecule has 0 radical (unpaired) electrons. The second kappa shape index (κ2) is 4.92. The number of rotatable bonds is 4. The first-order chi connectivity index (χ1) is 6.24. The molecule has 1 heterocycles. The molecule has 0 fully saturated rings. The molecule has 0 spiro atoms. The van der Waals surface area contributed by atoms with E-state index >= 15 is 0 Å². The topological polar surface area (TPSA) is 46.0 Å². The summed E-state index contributed by atoms with van der Waals surface area (Å²) >= 11 is 0. The third-order valence-electron chi connectivity index (χ3n) is 2.31. The van der Waals surface area contributed by atoms with Crippen LogP contribution in [0.4, 0.5) is 0 Å². The summed E-state index contributed by atoms with van der Waals surface area (Å²) in [5.41, 5.74) is 0.857. The lowest BCUT2D eigenvalue weighted by Crippen LogP contribution is -2.04. The lowest BCUT2D eigenvalue weighted by molar-refractivity contribution is 0.146. The van der Waals surface area contributed by atoms with Gasteiger partial charge in [-0.3, -0.25) is 0 Å². The van der Waals surface area contributed by atoms with Gasteiger partial charge in [-0.25, -0.2) is 0 Å². The Kier molecular flexibility index (Phi) is 3.83. The second-order valence-corrected chi connectivity index (χ2v) is 3.44. The Morgan fingerprint density at radius 2 is 2.23 bits per heavy atom. The average Bonchev–Trinajstić information content (AvgIpc) is 2.19. The molecule has 1 N–H and O–H groups in total. The fraction of sp³-hybridized carbons (Fsp3) is 0.600. The number of aliphatic hydroxyl groups excluding tert-OH is 1. The van der Waals surface area contributed by atoms with Crippen LogP contribution >= 0.6 is 0 Å². The molecule has 0 saturated heterocycles. The van der Waals surface area contributed by atoms with E-state index in [2.05, 4.69) is 24.0 Å². The molecule has 2 atom stereocenters. The Labute approximate surface area is 78.8 Å². The van der Waals surface area contributed by atoms with Crippen molar-refractivity contribution in [2.45, 2.75) is 32.8 Å². The van der Waals surface area contributed by atoms with Crippen LogP contribution in [0, 0.1) is 5.92 Å². The van der Waals surface area contributed by atoms with Gasteiger partial charge in [-0.15, -0.1) is 0 Å². The van der Waals surface area contributed by atoms with Crippen LogP contribution in [0.3, 0.4) is 0 Å². The van der Waals surface area contributed by atoms with Crippen molar-refractivity contribution in [1.29, 1.82) is 0 Å². The quantitative estimate of drug-likeness (QED) is 0.770. The molecule has 2 unspecified atom stereocenters. The number of aromatic nitrogens is 2. The highest BCUT2D eigenvalue weighted by Crippen LogP contribution is 2.21. The van der Waals surface area contributed by atoms with Crippen LogP contribution in [-0.2, 0) is 0 Å². The van der Waals surface area contributed by atoms with Gasteiger partial charge in [-0.2, -0.15) is 10.2 Å². The van der Waals surface area contributed by atoms with E-state index in [-0.39, 0.29) is 0 Å². The predicted octanol–water partition coefficient (Wildman–Crippen LogP) is 1.95. The maximum absolute atomic E-state index is 9.75. The van der Waals surface area contributed by atoms with Crippen molar-refractivity contribution in [2.75, 3.05) is 0 Å². The fourth-order valence-electron chi connectivity index (χ4n) is 1.18. The molecule has 0 aromatic carbocycles. The van der Waals surface area contributed by atoms with Crippen LogP contribution in [0.2, 0.25) is 0 Å². The molecule has 0 amide bonds. The van der Waals surface area contributed by atoms with Crippen LogP contribution in [0.5, 0.6) is 0 Å². The Morgan fingerprint density at radius 1 is 1.46 bits per heavy atom. The minimum atomic E-state index is -0.398. The van der Waals surface area contributed by atoms with Gasteiger partial charge in [-0.05, 0) is 18.4 Å². The molecular formula is C10H16N2O. The molecule has 1 aromatic rings. The molecule has 1 aromatic heterocycles. The van der Waals surface area contributed by atoms with Gasteiger partial charge in [0.25, 0.3) is 0 Å². The molecule has 3 heteroatoms. The second-order valence-electron chi connectivity index (χ2n) is 3.44. The lowest BCUT2D eigenvalue weighted by atomic mass is 9.98. The van der Waals surface area contributed by atoms with E-state index in [0.29, 0.717) is 5.92 Å². The molecule has 0 aliphatic rings. The predicted molar refractivity (Wildman–Crippen MR) is 51.1 cm³/mol. The van der Waals surface area contributed by atoms with E-state index in [1.807, 2.05) is 0 Å². The number of hydrogen-bond donors (Lipinski definition) is 1. The van der Waals surface area contributed by atoms with Crippen LogP contribution in [0.15, 0.2) is 18.5 Å². The van der Waals surface area contributed by atoms with Crippen LogP contribution in [0.1, 0.15) is 38.4 Å². The van der Waals surface area contributed by atoms with Gasteiger partial charge in [0, 0.05) is 11.8 Å². The first-order valence-corrected chi connectivity index (χ1v) is 4.68. The van der Waals surface area contributed by atoms with E-state index in [1.54, 1.807) is 18.5 Å². The largest absolute Gasteiger partial charge is 0.388 e. The van der Waals surface area contributed by atoms with Crippen molar-refractivity contribution in [1.82, 2.24) is 10.2 Å². The van der Waals surface area contributed by atoms with Crippen LogP contribution in [-0.4, -0.2) is 15.3 Å². The first-order valence-electron chi connectivity index (χ1n) is 4.68. The smallest absolute Gasteiger partial charge is 0.0808 e. The minimum Gasteiger partial charge on any atom is -0.388 e. The van der Waals surface area contributed by atoms with Crippen molar-refractivity contribution >= 4 is 0 Å². The fourth-order valence-corrected chi connectivity index (χ4v) is 1.18. The summed E-state index contributed by atoms with van der Waals surface area (Å²) in [5, 5.41) is 17.1. The van der Waals surface area contributed by atoms with Gasteiger partial charge in [0.15, 0.2) is 0 Å². The lowest BCUT2D eigenvalue weighted by Gasteiger charge is -2.14. The highest BCUT2D eigenvalue weighted by molar-refractivity contribution is 5.08. The van der Waals surface area contributed by atoms with Gasteiger partial charge >= 0.3 is 0 Å². The summed E-state index contributed by atoms with van der Waals surface area (Å²) in [7, 11) is 0. The highest BCUT2D eigenvalue weighted by atomic mass is 16.3. The summed E-state index contributed by atoms with van der Waals surface area (Å²) in [5.74, 6) is 0.545. The SMILES string of the molecule is CCC(C)CC(O)c1ccnnc1. The van der Waals surface area contributed by atoms with Crippen LogP contribution < -0.4 is 0 Å². The van der Waals surface area contributed by atoms with E-state index in [4.69, 9.17) is 0 Å². The van der Waals surface area contributed by atoms with Gasteiger partial charge in [0.1, 0.15) is 0 Å². The Hall–Kier alpha value is -0.960. The third-order valence-corrected chi connectivity index (χ3v) is 2.31. The highest BCUT2D eigenvalue weighted by Gasteiger charge is 2.10. The van der Waals surface area contributed by atoms with E-state index < -0.39 is 6.10 Å². The number of aliphatic hydroxyl groups is 1. The van der Waals surface area contributed by atoms with Gasteiger partial charge in [0.05, 0.1) is 12.3 Å². The Balaban J connectivity index is 2.53. The van der Waals surface area contributed by atoms with Crippen LogP contribution in [0.25, 0.3) is 0 Å². The Bertz CT molecular complexity index is 238.